The van der Waals surface area contributed by atoms with Gasteiger partial charge in [-0.25, -0.2) is 0 Å². The Kier molecular flexibility index (Phi) is 3.33. The topological polar surface area (TPSA) is 30.2 Å². The van der Waals surface area contributed by atoms with Gasteiger partial charge in [-0.15, -0.1) is 0 Å². The molecule has 3 aromatic rings. The van der Waals surface area contributed by atoms with Gasteiger partial charge in [0.2, 0.25) is 0 Å². The smallest absolute Gasteiger partial charge is 0.193 e. The van der Waals surface area contributed by atoms with E-state index in [1.165, 1.54) is 0 Å². The molecule has 0 radical (unpaired) electrons. The maximum Gasteiger partial charge on any atom is 0.193 e. The number of furan rings is 1. The summed E-state index contributed by atoms with van der Waals surface area (Å²) in [5, 5.41) is 1.64. The average Bonchev–Trinajstić information content (AvgIpc) is 2.89. The third-order valence-corrected chi connectivity index (χ3v) is 3.54. The fourth-order valence-corrected chi connectivity index (χ4v) is 2.30. The number of halogens is 1. The molecule has 20 heavy (non-hydrogen) atoms. The predicted octanol–water partition coefficient (Wildman–Crippen LogP) is 4.88. The molecule has 0 unspecified atom stereocenters. The van der Waals surface area contributed by atoms with Crippen molar-refractivity contribution in [1.82, 2.24) is 0 Å². The summed E-state index contributed by atoms with van der Waals surface area (Å²) in [4.78, 5) is 12.4. The van der Waals surface area contributed by atoms with Crippen molar-refractivity contribution in [3.63, 3.8) is 0 Å². The molecule has 0 aliphatic carbocycles. The zero-order chi connectivity index (χ0) is 14.1. The molecule has 0 atom stereocenters. The molecule has 0 spiro atoms. The molecule has 2 aromatic carbocycles. The largest absolute Gasteiger partial charge is 0.461 e. The summed E-state index contributed by atoms with van der Waals surface area (Å²) in [6, 6.07) is 14.4. The molecule has 0 aliphatic rings. The van der Waals surface area contributed by atoms with E-state index in [9.17, 15) is 4.79 Å². The predicted molar refractivity (Wildman–Crippen MR) is 80.5 cm³/mol. The summed E-state index contributed by atoms with van der Waals surface area (Å²) in [6.07, 6.45) is 0.842. The monoisotopic (exact) mass is 284 g/mol. The first-order valence-corrected chi connectivity index (χ1v) is 6.88. The molecule has 3 heteroatoms. The van der Waals surface area contributed by atoms with Gasteiger partial charge < -0.3 is 4.42 Å². The summed E-state index contributed by atoms with van der Waals surface area (Å²) < 4.78 is 5.69. The highest BCUT2D eigenvalue weighted by Gasteiger charge is 2.11. The zero-order valence-corrected chi connectivity index (χ0v) is 11.8. The van der Waals surface area contributed by atoms with Crippen molar-refractivity contribution >= 4 is 28.4 Å². The Morgan fingerprint density at radius 3 is 2.45 bits per heavy atom. The van der Waals surface area contributed by atoms with Gasteiger partial charge in [0.15, 0.2) is 5.78 Å². The molecule has 0 aliphatic heterocycles. The lowest BCUT2D eigenvalue weighted by atomic mass is 10.0. The lowest BCUT2D eigenvalue weighted by Crippen LogP contribution is -2.00. The van der Waals surface area contributed by atoms with Crippen molar-refractivity contribution in [2.24, 2.45) is 0 Å². The molecule has 0 saturated heterocycles. The number of carbonyl (C=O) groups excluding carboxylic acids is 1. The lowest BCUT2D eigenvalue weighted by Gasteiger charge is -2.01. The van der Waals surface area contributed by atoms with Crippen molar-refractivity contribution < 1.29 is 9.21 Å². The van der Waals surface area contributed by atoms with Gasteiger partial charge in [-0.3, -0.25) is 4.79 Å². The Hall–Kier alpha value is -2.06. The van der Waals surface area contributed by atoms with Gasteiger partial charge in [-0.05, 0) is 36.4 Å². The molecule has 3 rings (SSSR count). The highest BCUT2D eigenvalue weighted by atomic mass is 35.5. The van der Waals surface area contributed by atoms with E-state index in [1.54, 1.807) is 30.3 Å². The fourth-order valence-electron chi connectivity index (χ4n) is 2.17. The maximum atomic E-state index is 12.4. The van der Waals surface area contributed by atoms with E-state index in [0.717, 1.165) is 23.2 Å². The molecule has 2 nitrogen and oxygen atoms in total. The van der Waals surface area contributed by atoms with Crippen molar-refractivity contribution in [3.05, 3.63) is 70.4 Å². The van der Waals surface area contributed by atoms with E-state index in [4.69, 9.17) is 16.0 Å². The van der Waals surface area contributed by atoms with E-state index < -0.39 is 0 Å². The molecule has 1 heterocycles. The summed E-state index contributed by atoms with van der Waals surface area (Å²) in [5.41, 5.74) is 1.99. The standard InChI is InChI=1S/C17H13ClO2/c1-2-15-9-12-3-4-13(10-16(12)20-15)17(19)11-5-7-14(18)8-6-11/h3-10H,2H2,1H3. The maximum absolute atomic E-state index is 12.4. The minimum absolute atomic E-state index is 0.0296. The van der Waals surface area contributed by atoms with Crippen LogP contribution in [0, 0.1) is 0 Å². The highest BCUT2D eigenvalue weighted by molar-refractivity contribution is 6.30. The molecule has 0 amide bonds. The summed E-state index contributed by atoms with van der Waals surface area (Å²) in [6.45, 7) is 2.04. The van der Waals surface area contributed by atoms with Gasteiger partial charge in [0.05, 0.1) is 0 Å². The average molecular weight is 285 g/mol. The van der Waals surface area contributed by atoms with Gasteiger partial charge in [-0.2, -0.15) is 0 Å². The second-order valence-corrected chi connectivity index (χ2v) is 5.09. The van der Waals surface area contributed by atoms with Crippen LogP contribution in [-0.4, -0.2) is 5.78 Å². The van der Waals surface area contributed by atoms with E-state index in [-0.39, 0.29) is 5.78 Å². The number of aryl methyl sites for hydroxylation is 1. The Morgan fingerprint density at radius 2 is 1.75 bits per heavy atom. The number of ketones is 1. The van der Waals surface area contributed by atoms with Crippen molar-refractivity contribution in [2.75, 3.05) is 0 Å². The SMILES string of the molecule is CCc1cc2ccc(C(=O)c3ccc(Cl)cc3)cc2o1. The fraction of sp³-hybridized carbons (Fsp3) is 0.118. The molecule has 0 N–H and O–H groups in total. The van der Waals surface area contributed by atoms with Crippen LogP contribution in [-0.2, 0) is 6.42 Å². The van der Waals surface area contributed by atoms with Crippen molar-refractivity contribution in [2.45, 2.75) is 13.3 Å². The first-order valence-electron chi connectivity index (χ1n) is 6.50. The van der Waals surface area contributed by atoms with E-state index in [1.807, 2.05) is 25.1 Å². The van der Waals surface area contributed by atoms with E-state index >= 15 is 0 Å². The Labute approximate surface area is 122 Å². The van der Waals surface area contributed by atoms with Crippen LogP contribution in [0.25, 0.3) is 11.0 Å². The van der Waals surface area contributed by atoms with Crippen molar-refractivity contribution in [3.8, 4) is 0 Å². The van der Waals surface area contributed by atoms with Crippen LogP contribution in [0.2, 0.25) is 5.02 Å². The second kappa shape index (κ2) is 5.14. The van der Waals surface area contributed by atoms with Gasteiger partial charge in [0.25, 0.3) is 0 Å². The third kappa shape index (κ3) is 2.35. The Balaban J connectivity index is 2.00. The van der Waals surface area contributed by atoms with Crippen LogP contribution in [0.1, 0.15) is 28.6 Å². The number of hydrogen-bond acceptors (Lipinski definition) is 2. The molecule has 1 aromatic heterocycles. The number of hydrogen-bond donors (Lipinski definition) is 0. The Bertz CT molecular complexity index is 769. The third-order valence-electron chi connectivity index (χ3n) is 3.29. The van der Waals surface area contributed by atoms with Gasteiger partial charge in [0.1, 0.15) is 11.3 Å². The molecule has 0 bridgehead atoms. The van der Waals surface area contributed by atoms with Crippen LogP contribution < -0.4 is 0 Å². The van der Waals surface area contributed by atoms with E-state index in [0.29, 0.717) is 16.1 Å². The molecule has 0 saturated carbocycles. The highest BCUT2D eigenvalue weighted by Crippen LogP contribution is 2.23. The minimum Gasteiger partial charge on any atom is -0.461 e. The summed E-state index contributed by atoms with van der Waals surface area (Å²) in [7, 11) is 0. The molecular weight excluding hydrogens is 272 g/mol. The lowest BCUT2D eigenvalue weighted by molar-refractivity contribution is 0.103. The number of benzene rings is 2. The van der Waals surface area contributed by atoms with E-state index in [2.05, 4.69) is 0 Å². The van der Waals surface area contributed by atoms with Gasteiger partial charge >= 0.3 is 0 Å². The van der Waals surface area contributed by atoms with Gasteiger partial charge in [0, 0.05) is 28.0 Å². The quantitative estimate of drug-likeness (QED) is 0.642. The van der Waals surface area contributed by atoms with Crippen molar-refractivity contribution in [1.29, 1.82) is 0 Å². The first kappa shape index (κ1) is 12.9. The number of fused-ring (bicyclic) bond motifs is 1. The van der Waals surface area contributed by atoms with Crippen LogP contribution >= 0.6 is 11.6 Å². The van der Waals surface area contributed by atoms with Crippen LogP contribution in [0.4, 0.5) is 0 Å². The van der Waals surface area contributed by atoms with Gasteiger partial charge in [-0.1, -0.05) is 30.7 Å². The summed E-state index contributed by atoms with van der Waals surface area (Å²) in [5.74, 6) is 0.897. The number of carbonyl (C=O) groups is 1. The normalized spacial score (nSPS) is 10.9. The first-order chi connectivity index (χ1) is 9.67. The molecular formula is C17H13ClO2. The van der Waals surface area contributed by atoms with Crippen LogP contribution in [0.5, 0.6) is 0 Å². The minimum atomic E-state index is -0.0296. The van der Waals surface area contributed by atoms with Crippen LogP contribution in [0.3, 0.4) is 0 Å². The van der Waals surface area contributed by atoms with Crippen LogP contribution in [0.15, 0.2) is 52.9 Å². The second-order valence-electron chi connectivity index (χ2n) is 4.65. The number of rotatable bonds is 3. The summed E-state index contributed by atoms with van der Waals surface area (Å²) >= 11 is 5.83. The molecule has 0 fully saturated rings. The molecule has 100 valence electrons. The zero-order valence-electron chi connectivity index (χ0n) is 11.0. The Morgan fingerprint density at radius 1 is 1.05 bits per heavy atom.